The van der Waals surface area contributed by atoms with E-state index in [9.17, 15) is 8.78 Å². The molecule has 3 nitrogen and oxygen atoms in total. The van der Waals surface area contributed by atoms with Gasteiger partial charge >= 0.3 is 0 Å². The van der Waals surface area contributed by atoms with E-state index in [1.807, 2.05) is 0 Å². The lowest BCUT2D eigenvalue weighted by Gasteiger charge is -2.02. The summed E-state index contributed by atoms with van der Waals surface area (Å²) in [6.45, 7) is 0.0183. The molecule has 1 aromatic rings. The molecule has 0 aromatic heterocycles. The Balaban J connectivity index is 3.00. The number of halogens is 3. The first-order valence-electron chi connectivity index (χ1n) is 3.70. The molecule has 0 amide bonds. The highest BCUT2D eigenvalue weighted by Crippen LogP contribution is 2.19. The number of benzene rings is 1. The molecule has 14 heavy (non-hydrogen) atoms. The molecule has 4 N–H and O–H groups in total. The predicted octanol–water partition coefficient (Wildman–Crippen LogP) is 1.34. The van der Waals surface area contributed by atoms with Gasteiger partial charge in [-0.1, -0.05) is 6.07 Å². The van der Waals surface area contributed by atoms with Crippen LogP contribution in [0.4, 0.5) is 8.78 Å². The lowest BCUT2D eigenvalue weighted by atomic mass is 10.2. The molecule has 0 unspecified atom stereocenters. The van der Waals surface area contributed by atoms with E-state index in [1.165, 1.54) is 12.1 Å². The van der Waals surface area contributed by atoms with E-state index in [1.54, 1.807) is 22.6 Å². The molecule has 0 fully saturated rings. The summed E-state index contributed by atoms with van der Waals surface area (Å²) < 4.78 is 26.1. The molecule has 0 aliphatic carbocycles. The van der Waals surface area contributed by atoms with Crippen molar-refractivity contribution >= 4 is 28.6 Å². The van der Waals surface area contributed by atoms with E-state index in [2.05, 4.69) is 4.99 Å². The molecule has 1 rings (SSSR count). The highest BCUT2D eigenvalue weighted by molar-refractivity contribution is 14.1. The average molecular weight is 309 g/mol. The molecule has 1 aromatic carbocycles. The van der Waals surface area contributed by atoms with Crippen LogP contribution in [-0.4, -0.2) is 5.96 Å². The van der Waals surface area contributed by atoms with Gasteiger partial charge in [0, 0.05) is 5.56 Å². The van der Waals surface area contributed by atoms with Gasteiger partial charge in [0.2, 0.25) is 0 Å². The van der Waals surface area contributed by atoms with Crippen LogP contribution in [0.5, 0.6) is 0 Å². The Morgan fingerprint density at radius 1 is 1.36 bits per heavy atom. The Morgan fingerprint density at radius 2 is 2.00 bits per heavy atom. The zero-order chi connectivity index (χ0) is 10.7. The first-order chi connectivity index (χ1) is 6.52. The molecule has 0 heterocycles. The van der Waals surface area contributed by atoms with E-state index in [0.29, 0.717) is 0 Å². The molecule has 0 bridgehead atoms. The molecule has 6 heteroatoms. The summed E-state index contributed by atoms with van der Waals surface area (Å²) in [6.07, 6.45) is 0. The van der Waals surface area contributed by atoms with Crippen LogP contribution in [-0.2, 0) is 6.54 Å². The number of aliphatic imine (C=N–C) groups is 1. The number of rotatable bonds is 2. The van der Waals surface area contributed by atoms with Crippen molar-refractivity contribution in [3.63, 3.8) is 0 Å². The number of nitrogens with two attached hydrogens (primary N) is 2. The first-order valence-corrected chi connectivity index (χ1v) is 4.78. The van der Waals surface area contributed by atoms with Crippen molar-refractivity contribution < 1.29 is 8.78 Å². The zero-order valence-electron chi connectivity index (χ0n) is 7.10. The van der Waals surface area contributed by atoms with Crippen LogP contribution < -0.4 is 11.5 Å². The summed E-state index contributed by atoms with van der Waals surface area (Å²) in [5, 5.41) is 0. The third-order valence-corrected chi connectivity index (χ3v) is 2.54. The van der Waals surface area contributed by atoms with Gasteiger partial charge in [-0.3, -0.25) is 0 Å². The van der Waals surface area contributed by atoms with Gasteiger partial charge in [0.1, 0.15) is 11.6 Å². The smallest absolute Gasteiger partial charge is 0.186 e. The van der Waals surface area contributed by atoms with Gasteiger partial charge < -0.3 is 11.5 Å². The highest BCUT2D eigenvalue weighted by atomic mass is 125. The van der Waals surface area contributed by atoms with Crippen LogP contribution >= 0.6 is 22.6 Å². The van der Waals surface area contributed by atoms with Crippen LogP contribution in [0, 0.1) is 15.2 Å². The normalized spacial score (nSPS) is 9.93. The highest BCUT2D eigenvalue weighted by Gasteiger charge is 2.10. The summed E-state index contributed by atoms with van der Waals surface area (Å²) in [6, 6.07) is 2.50. The number of nitrogens with zero attached hydrogens (tertiary/aromatic N) is 1. The fourth-order valence-corrected chi connectivity index (χ4v) is 1.39. The maximum Gasteiger partial charge on any atom is 0.186 e. The van der Waals surface area contributed by atoms with Gasteiger partial charge in [-0.25, -0.2) is 13.8 Å². The van der Waals surface area contributed by atoms with E-state index in [-0.39, 0.29) is 21.6 Å². The fraction of sp³-hybridized carbons (Fsp3) is 0.125. The van der Waals surface area contributed by atoms with E-state index in [4.69, 9.17) is 11.5 Å². The van der Waals surface area contributed by atoms with Crippen LogP contribution in [0.3, 0.4) is 0 Å². The summed E-state index contributed by atoms with van der Waals surface area (Å²) in [4.78, 5) is 3.63. The minimum absolute atomic E-state index is 0.0183. The van der Waals surface area contributed by atoms with Crippen molar-refractivity contribution in [2.45, 2.75) is 6.54 Å². The maximum atomic E-state index is 13.3. The SMILES string of the molecule is NC(N)=NCc1ccc(F)c([125I])c1F. The molecule has 76 valence electrons. The van der Waals surface area contributed by atoms with Gasteiger partial charge in [0.05, 0.1) is 10.1 Å². The minimum Gasteiger partial charge on any atom is -0.370 e. The van der Waals surface area contributed by atoms with Gasteiger partial charge in [-0.2, -0.15) is 0 Å². The largest absolute Gasteiger partial charge is 0.370 e. The molecule has 0 saturated heterocycles. The topological polar surface area (TPSA) is 64.4 Å². The Morgan fingerprint density at radius 3 is 2.57 bits per heavy atom. The van der Waals surface area contributed by atoms with Crippen LogP contribution in [0.15, 0.2) is 17.1 Å². The molecule has 0 aliphatic rings. The monoisotopic (exact) mass is 309 g/mol. The van der Waals surface area contributed by atoms with Crippen molar-refractivity contribution in [1.82, 2.24) is 0 Å². The van der Waals surface area contributed by atoms with Gasteiger partial charge in [-0.15, -0.1) is 0 Å². The van der Waals surface area contributed by atoms with Crippen molar-refractivity contribution in [2.24, 2.45) is 16.5 Å². The molecular formula is C8H8F2IN3. The Kier molecular flexibility index (Phi) is 3.62. The zero-order valence-corrected chi connectivity index (χ0v) is 9.26. The molecule has 0 saturated carbocycles. The van der Waals surface area contributed by atoms with Crippen molar-refractivity contribution in [2.75, 3.05) is 0 Å². The Labute approximate surface area is 93.3 Å². The van der Waals surface area contributed by atoms with Gasteiger partial charge in [0.25, 0.3) is 0 Å². The van der Waals surface area contributed by atoms with Crippen molar-refractivity contribution in [1.29, 1.82) is 0 Å². The standard InChI is InChI=1S/C8H8F2IN3/c9-5-2-1-4(3-14-8(12)13)6(10)7(5)11/h1-2H,3H2,(H4,12,13,14)/i11-2. The molecule has 0 aliphatic heterocycles. The predicted molar refractivity (Wildman–Crippen MR) is 58.6 cm³/mol. The van der Waals surface area contributed by atoms with Gasteiger partial charge in [0.15, 0.2) is 5.96 Å². The quantitative estimate of drug-likeness (QED) is 0.375. The molecule has 0 radical (unpaired) electrons. The number of hydrogen-bond acceptors (Lipinski definition) is 1. The maximum absolute atomic E-state index is 13.3. The molecule has 0 atom stereocenters. The second kappa shape index (κ2) is 4.54. The Bertz CT molecular complexity index is 375. The summed E-state index contributed by atoms with van der Waals surface area (Å²) in [5.41, 5.74) is 10.4. The van der Waals surface area contributed by atoms with Crippen molar-refractivity contribution in [3.05, 3.63) is 32.9 Å². The Hall–Kier alpha value is -0.920. The molecule has 0 spiro atoms. The average Bonchev–Trinajstić information content (AvgIpc) is 2.13. The third kappa shape index (κ3) is 2.53. The second-order valence-electron chi connectivity index (χ2n) is 2.58. The van der Waals surface area contributed by atoms with Crippen LogP contribution in [0.1, 0.15) is 5.56 Å². The summed E-state index contributed by atoms with van der Waals surface area (Å²) in [5.74, 6) is -1.32. The second-order valence-corrected chi connectivity index (χ2v) is 3.65. The number of hydrogen-bond donors (Lipinski definition) is 2. The number of guanidine groups is 1. The van der Waals surface area contributed by atoms with E-state index < -0.39 is 11.6 Å². The molecular weight excluding hydrogens is 301 g/mol. The summed E-state index contributed by atoms with van der Waals surface area (Å²) in [7, 11) is 0. The third-order valence-electron chi connectivity index (χ3n) is 1.55. The lowest BCUT2D eigenvalue weighted by Crippen LogP contribution is -2.22. The first kappa shape index (κ1) is 11.2. The van der Waals surface area contributed by atoms with Crippen molar-refractivity contribution in [3.8, 4) is 0 Å². The van der Waals surface area contributed by atoms with Gasteiger partial charge in [-0.05, 0) is 28.7 Å². The van der Waals surface area contributed by atoms with E-state index in [0.717, 1.165) is 0 Å². The van der Waals surface area contributed by atoms with Crippen LogP contribution in [0.25, 0.3) is 0 Å². The fourth-order valence-electron chi connectivity index (χ4n) is 0.864. The summed E-state index contributed by atoms with van der Waals surface area (Å²) >= 11 is 1.59. The van der Waals surface area contributed by atoms with E-state index >= 15 is 0 Å². The lowest BCUT2D eigenvalue weighted by molar-refractivity contribution is 0.560. The van der Waals surface area contributed by atoms with Crippen LogP contribution in [0.2, 0.25) is 0 Å². The minimum atomic E-state index is -0.615.